The van der Waals surface area contributed by atoms with Crippen molar-refractivity contribution in [3.63, 3.8) is 0 Å². The molecule has 100 valence electrons. The minimum atomic E-state index is 0.709. The van der Waals surface area contributed by atoms with Gasteiger partial charge >= 0.3 is 0 Å². The zero-order valence-electron chi connectivity index (χ0n) is 10.9. The number of nitrogens with one attached hydrogen (secondary N) is 1. The van der Waals surface area contributed by atoms with Crippen LogP contribution in [0.25, 0.3) is 0 Å². The molecule has 1 N–H and O–H groups in total. The molecule has 2 fully saturated rings. The van der Waals surface area contributed by atoms with E-state index in [0.717, 1.165) is 18.5 Å². The molecule has 2 aliphatic rings. The maximum Gasteiger partial charge on any atom is 0.0701 e. The van der Waals surface area contributed by atoms with Gasteiger partial charge in [0.2, 0.25) is 0 Å². The lowest BCUT2D eigenvalue weighted by Gasteiger charge is -2.40. The number of rotatable bonds is 4. The van der Waals surface area contributed by atoms with Crippen molar-refractivity contribution < 1.29 is 0 Å². The molecule has 2 unspecified atom stereocenters. The molecule has 1 aliphatic carbocycles. The Kier molecular flexibility index (Phi) is 4.09. The van der Waals surface area contributed by atoms with Crippen molar-refractivity contribution in [3.05, 3.63) is 20.8 Å². The highest BCUT2D eigenvalue weighted by molar-refractivity contribution is 9.11. The predicted octanol–water partition coefficient (Wildman–Crippen LogP) is 3.47. The van der Waals surface area contributed by atoms with Crippen LogP contribution in [0.5, 0.6) is 0 Å². The first kappa shape index (κ1) is 13.1. The topological polar surface area (TPSA) is 15.3 Å². The van der Waals surface area contributed by atoms with Crippen LogP contribution >= 0.6 is 27.3 Å². The fraction of sp³-hybridized carbons (Fsp3) is 0.714. The third-order valence-electron chi connectivity index (χ3n) is 4.21. The Labute approximate surface area is 122 Å². The van der Waals surface area contributed by atoms with E-state index in [-0.39, 0.29) is 0 Å². The van der Waals surface area contributed by atoms with Gasteiger partial charge in [0.05, 0.1) is 3.79 Å². The average molecular weight is 329 g/mol. The largest absolute Gasteiger partial charge is 0.311 e. The number of thiophene rings is 1. The quantitative estimate of drug-likeness (QED) is 0.910. The molecule has 0 bridgehead atoms. The van der Waals surface area contributed by atoms with Crippen LogP contribution in [0.3, 0.4) is 0 Å². The van der Waals surface area contributed by atoms with Crippen LogP contribution in [0, 0.1) is 5.92 Å². The van der Waals surface area contributed by atoms with Gasteiger partial charge in [-0.2, -0.15) is 0 Å². The molecule has 0 amide bonds. The molecule has 2 heterocycles. The van der Waals surface area contributed by atoms with Crippen LogP contribution in [0.15, 0.2) is 15.9 Å². The summed E-state index contributed by atoms with van der Waals surface area (Å²) in [7, 11) is 0. The fourth-order valence-electron chi connectivity index (χ4n) is 2.93. The summed E-state index contributed by atoms with van der Waals surface area (Å²) in [6, 6.07) is 5.88. The monoisotopic (exact) mass is 328 g/mol. The normalized spacial score (nSPS) is 29.7. The van der Waals surface area contributed by atoms with E-state index in [1.165, 1.54) is 41.0 Å². The van der Waals surface area contributed by atoms with Crippen molar-refractivity contribution in [2.75, 3.05) is 13.1 Å². The van der Waals surface area contributed by atoms with Gasteiger partial charge in [0.15, 0.2) is 0 Å². The molecule has 18 heavy (non-hydrogen) atoms. The molecule has 0 spiro atoms. The summed E-state index contributed by atoms with van der Waals surface area (Å²) < 4.78 is 1.25. The van der Waals surface area contributed by atoms with Gasteiger partial charge in [0.1, 0.15) is 0 Å². The van der Waals surface area contributed by atoms with Crippen LogP contribution in [-0.4, -0.2) is 30.1 Å². The Morgan fingerprint density at radius 1 is 1.44 bits per heavy atom. The highest BCUT2D eigenvalue weighted by Gasteiger charge is 2.36. The Balaban J connectivity index is 1.65. The van der Waals surface area contributed by atoms with Crippen LogP contribution in [-0.2, 0) is 6.54 Å². The van der Waals surface area contributed by atoms with Gasteiger partial charge in [0, 0.05) is 36.6 Å². The molecule has 0 aromatic carbocycles. The van der Waals surface area contributed by atoms with E-state index in [2.05, 4.69) is 45.2 Å². The third-order valence-corrected chi connectivity index (χ3v) is 5.82. The SMILES string of the molecule is CCC1CNC(C2CC2)CN1Cc1ccc(Br)s1. The van der Waals surface area contributed by atoms with Crippen molar-refractivity contribution in [1.29, 1.82) is 0 Å². The molecule has 1 aromatic rings. The van der Waals surface area contributed by atoms with Gasteiger partial charge in [-0.3, -0.25) is 4.90 Å². The van der Waals surface area contributed by atoms with Gasteiger partial charge in [-0.05, 0) is 53.2 Å². The lowest BCUT2D eigenvalue weighted by Crippen LogP contribution is -2.56. The summed E-state index contributed by atoms with van der Waals surface area (Å²) in [5.41, 5.74) is 0. The summed E-state index contributed by atoms with van der Waals surface area (Å²) >= 11 is 5.44. The molecule has 3 rings (SSSR count). The van der Waals surface area contributed by atoms with E-state index in [1.807, 2.05) is 11.3 Å². The van der Waals surface area contributed by atoms with Crippen molar-refractivity contribution >= 4 is 27.3 Å². The smallest absolute Gasteiger partial charge is 0.0701 e. The van der Waals surface area contributed by atoms with Crippen molar-refractivity contribution in [3.8, 4) is 0 Å². The Morgan fingerprint density at radius 2 is 2.28 bits per heavy atom. The van der Waals surface area contributed by atoms with Crippen LogP contribution in [0.1, 0.15) is 31.1 Å². The minimum Gasteiger partial charge on any atom is -0.311 e. The van der Waals surface area contributed by atoms with E-state index in [4.69, 9.17) is 0 Å². The van der Waals surface area contributed by atoms with E-state index < -0.39 is 0 Å². The first-order chi connectivity index (χ1) is 8.76. The highest BCUT2D eigenvalue weighted by atomic mass is 79.9. The number of halogens is 1. The van der Waals surface area contributed by atoms with Gasteiger partial charge < -0.3 is 5.32 Å². The standard InChI is InChI=1S/C14H21BrN2S/c1-2-11-7-16-13(10-3-4-10)9-17(11)8-12-5-6-14(15)18-12/h5-6,10-11,13,16H,2-4,7-9H2,1H3. The van der Waals surface area contributed by atoms with E-state index in [9.17, 15) is 0 Å². The first-order valence-electron chi connectivity index (χ1n) is 6.98. The average Bonchev–Trinajstić information content (AvgIpc) is 3.14. The molecule has 1 aromatic heterocycles. The maximum absolute atomic E-state index is 3.76. The molecule has 2 nitrogen and oxygen atoms in total. The second-order valence-corrected chi connectivity index (χ2v) is 8.10. The summed E-state index contributed by atoms with van der Waals surface area (Å²) in [4.78, 5) is 4.18. The number of nitrogens with zero attached hydrogens (tertiary/aromatic N) is 1. The Bertz CT molecular complexity index is 402. The summed E-state index contributed by atoms with van der Waals surface area (Å²) in [6.07, 6.45) is 4.12. The van der Waals surface area contributed by atoms with Gasteiger partial charge in [-0.1, -0.05) is 6.92 Å². The summed E-state index contributed by atoms with van der Waals surface area (Å²) in [5, 5.41) is 3.76. The first-order valence-corrected chi connectivity index (χ1v) is 8.59. The van der Waals surface area contributed by atoms with Gasteiger partial charge in [0.25, 0.3) is 0 Å². The van der Waals surface area contributed by atoms with E-state index in [0.29, 0.717) is 6.04 Å². The number of piperazine rings is 1. The van der Waals surface area contributed by atoms with Crippen LogP contribution in [0.2, 0.25) is 0 Å². The molecule has 0 radical (unpaired) electrons. The molecule has 1 saturated carbocycles. The van der Waals surface area contributed by atoms with E-state index in [1.54, 1.807) is 0 Å². The third kappa shape index (κ3) is 2.98. The second kappa shape index (κ2) is 5.61. The van der Waals surface area contributed by atoms with Crippen LogP contribution in [0.4, 0.5) is 0 Å². The molecule has 4 heteroatoms. The van der Waals surface area contributed by atoms with Crippen molar-refractivity contribution in [2.24, 2.45) is 5.92 Å². The lowest BCUT2D eigenvalue weighted by molar-refractivity contribution is 0.113. The lowest BCUT2D eigenvalue weighted by atomic mass is 10.0. The molecule has 1 saturated heterocycles. The molecule has 2 atom stereocenters. The maximum atomic E-state index is 3.76. The predicted molar refractivity (Wildman–Crippen MR) is 81.0 cm³/mol. The zero-order chi connectivity index (χ0) is 12.5. The van der Waals surface area contributed by atoms with Crippen LogP contribution < -0.4 is 5.32 Å². The molecular formula is C14H21BrN2S. The molecular weight excluding hydrogens is 308 g/mol. The molecule has 1 aliphatic heterocycles. The Morgan fingerprint density at radius 3 is 2.89 bits per heavy atom. The summed E-state index contributed by atoms with van der Waals surface area (Å²) in [5.74, 6) is 0.959. The zero-order valence-corrected chi connectivity index (χ0v) is 13.3. The summed E-state index contributed by atoms with van der Waals surface area (Å²) in [6.45, 7) is 5.84. The van der Waals surface area contributed by atoms with Gasteiger partial charge in [-0.15, -0.1) is 11.3 Å². The van der Waals surface area contributed by atoms with E-state index >= 15 is 0 Å². The van der Waals surface area contributed by atoms with Gasteiger partial charge in [-0.25, -0.2) is 0 Å². The van der Waals surface area contributed by atoms with Crippen molar-refractivity contribution in [1.82, 2.24) is 10.2 Å². The van der Waals surface area contributed by atoms with Crippen molar-refractivity contribution in [2.45, 2.75) is 44.8 Å². The minimum absolute atomic E-state index is 0.709. The highest BCUT2D eigenvalue weighted by Crippen LogP contribution is 2.35. The Hall–Kier alpha value is 0.1000. The number of hydrogen-bond acceptors (Lipinski definition) is 3. The fourth-order valence-corrected chi connectivity index (χ4v) is 4.44. The number of hydrogen-bond donors (Lipinski definition) is 1. The second-order valence-electron chi connectivity index (χ2n) is 5.55.